The molecule has 0 spiro atoms. The number of imidazole rings is 1. The molecule has 28 heavy (non-hydrogen) atoms. The molecule has 0 saturated carbocycles. The van der Waals surface area contributed by atoms with E-state index in [1.807, 2.05) is 34.6 Å². The summed E-state index contributed by atoms with van der Waals surface area (Å²) in [6.07, 6.45) is 1.02. The summed E-state index contributed by atoms with van der Waals surface area (Å²) in [6, 6.07) is 0. The van der Waals surface area contributed by atoms with Gasteiger partial charge in [-0.05, 0) is 13.8 Å². The Bertz CT molecular complexity index is 905. The molecule has 4 heterocycles. The Labute approximate surface area is 162 Å². The lowest BCUT2D eigenvalue weighted by Crippen LogP contribution is -2.31. The normalized spacial score (nSPS) is 29.2. The number of carbonyl (C=O) groups is 1. The minimum Gasteiger partial charge on any atom is -0.394 e. The van der Waals surface area contributed by atoms with Crippen LogP contribution < -0.4 is 5.32 Å². The zero-order chi connectivity index (χ0) is 20.3. The molecule has 2 fully saturated rings. The minimum atomic E-state index is -0.776. The van der Waals surface area contributed by atoms with Crippen molar-refractivity contribution < 1.29 is 24.1 Å². The molecule has 4 atom stereocenters. The van der Waals surface area contributed by atoms with E-state index in [-0.39, 0.29) is 12.5 Å². The molecule has 10 nitrogen and oxygen atoms in total. The fraction of sp³-hybridized carbons (Fsp3) is 0.667. The largest absolute Gasteiger partial charge is 0.394 e. The molecule has 2 aliphatic heterocycles. The highest BCUT2D eigenvalue weighted by Gasteiger charge is 2.56. The lowest BCUT2D eigenvalue weighted by atomic mass is 9.96. The Morgan fingerprint density at radius 1 is 1.25 bits per heavy atom. The van der Waals surface area contributed by atoms with Crippen molar-refractivity contribution in [2.45, 2.75) is 64.9 Å². The van der Waals surface area contributed by atoms with Gasteiger partial charge in [0.2, 0.25) is 5.91 Å². The summed E-state index contributed by atoms with van der Waals surface area (Å²) in [5.74, 6) is -0.614. The predicted octanol–water partition coefficient (Wildman–Crippen LogP) is 1.22. The molecule has 0 radical (unpaired) electrons. The molecular weight excluding hydrogens is 366 g/mol. The van der Waals surface area contributed by atoms with E-state index in [9.17, 15) is 9.90 Å². The topological polar surface area (TPSA) is 121 Å². The number of nitrogens with zero attached hydrogens (tertiary/aromatic N) is 4. The molecule has 0 aliphatic carbocycles. The number of fused-ring (bicyclic) bond motifs is 2. The second kappa shape index (κ2) is 6.45. The number of carbonyl (C=O) groups excluding carboxylic acids is 1. The fourth-order valence-corrected chi connectivity index (χ4v) is 3.45. The number of aliphatic hydroxyl groups is 1. The Hall–Kier alpha value is -2.14. The van der Waals surface area contributed by atoms with Crippen LogP contribution in [0, 0.1) is 5.41 Å². The first-order valence-electron chi connectivity index (χ1n) is 9.22. The SMILES string of the molecule is CC1(C)OC2C(O1)[C@@H](CO)O[C@H]2n1cnc2c(NC(=O)C(C)(C)C)ncnc21. The van der Waals surface area contributed by atoms with E-state index in [4.69, 9.17) is 14.2 Å². The van der Waals surface area contributed by atoms with Crippen LogP contribution in [0.4, 0.5) is 5.82 Å². The number of hydrogen-bond acceptors (Lipinski definition) is 8. The maximum atomic E-state index is 12.3. The first-order chi connectivity index (χ1) is 13.1. The third-order valence-electron chi connectivity index (χ3n) is 4.85. The van der Waals surface area contributed by atoms with Crippen molar-refractivity contribution in [1.29, 1.82) is 0 Å². The summed E-state index contributed by atoms with van der Waals surface area (Å²) in [4.78, 5) is 25.2. The van der Waals surface area contributed by atoms with Crippen LogP contribution in [0.25, 0.3) is 11.2 Å². The van der Waals surface area contributed by atoms with Crippen LogP contribution in [0.1, 0.15) is 40.8 Å². The molecule has 152 valence electrons. The van der Waals surface area contributed by atoms with Crippen molar-refractivity contribution in [1.82, 2.24) is 19.5 Å². The van der Waals surface area contributed by atoms with Gasteiger partial charge in [-0.15, -0.1) is 0 Å². The molecule has 2 unspecified atom stereocenters. The molecule has 2 aromatic heterocycles. The summed E-state index contributed by atoms with van der Waals surface area (Å²) in [5.41, 5.74) is 0.372. The second-order valence-corrected chi connectivity index (χ2v) is 8.56. The number of anilines is 1. The average Bonchev–Trinajstić information content (AvgIpc) is 3.25. The summed E-state index contributed by atoms with van der Waals surface area (Å²) in [6.45, 7) is 8.92. The van der Waals surface area contributed by atoms with E-state index >= 15 is 0 Å². The van der Waals surface area contributed by atoms with Crippen LogP contribution in [-0.2, 0) is 19.0 Å². The number of aromatic nitrogens is 4. The molecular formula is C18H25N5O5. The zero-order valence-corrected chi connectivity index (χ0v) is 16.5. The fourth-order valence-electron chi connectivity index (χ4n) is 3.45. The summed E-state index contributed by atoms with van der Waals surface area (Å²) in [7, 11) is 0. The molecule has 1 amide bonds. The maximum Gasteiger partial charge on any atom is 0.230 e. The maximum absolute atomic E-state index is 12.3. The van der Waals surface area contributed by atoms with Gasteiger partial charge in [0, 0.05) is 5.41 Å². The molecule has 2 aromatic rings. The lowest BCUT2D eigenvalue weighted by molar-refractivity contribution is -0.199. The highest BCUT2D eigenvalue weighted by molar-refractivity contribution is 5.99. The van der Waals surface area contributed by atoms with Crippen LogP contribution in [0.15, 0.2) is 12.7 Å². The predicted molar refractivity (Wildman–Crippen MR) is 98.2 cm³/mol. The molecule has 2 saturated heterocycles. The van der Waals surface area contributed by atoms with Gasteiger partial charge in [0.15, 0.2) is 29.0 Å². The number of hydrogen-bond donors (Lipinski definition) is 2. The first kappa shape index (κ1) is 19.2. The van der Waals surface area contributed by atoms with Crippen molar-refractivity contribution in [2.24, 2.45) is 5.41 Å². The Kier molecular flexibility index (Phi) is 4.42. The lowest BCUT2D eigenvalue weighted by Gasteiger charge is -2.24. The first-order valence-corrected chi connectivity index (χ1v) is 9.22. The summed E-state index contributed by atoms with van der Waals surface area (Å²) < 4.78 is 19.6. The standard InChI is InChI=1S/C18H25N5O5/c1-17(2,3)16(25)22-13-10-14(20-7-19-13)23(8-21-10)15-12-11(9(6-24)26-15)27-18(4,5)28-12/h7-9,11-12,15,24H,6H2,1-5H3,(H,19,20,22,25)/t9-,11?,12?,15-/m1/s1. The van der Waals surface area contributed by atoms with Crippen molar-refractivity contribution in [3.05, 3.63) is 12.7 Å². The second-order valence-electron chi connectivity index (χ2n) is 8.56. The Morgan fingerprint density at radius 2 is 1.96 bits per heavy atom. The van der Waals surface area contributed by atoms with Crippen molar-refractivity contribution in [3.63, 3.8) is 0 Å². The van der Waals surface area contributed by atoms with Crippen LogP contribution in [0.5, 0.6) is 0 Å². The van der Waals surface area contributed by atoms with E-state index in [1.54, 1.807) is 10.9 Å². The molecule has 4 rings (SSSR count). The van der Waals surface area contributed by atoms with Gasteiger partial charge in [0.1, 0.15) is 24.6 Å². The van der Waals surface area contributed by atoms with Gasteiger partial charge in [-0.25, -0.2) is 15.0 Å². The highest BCUT2D eigenvalue weighted by Crippen LogP contribution is 2.43. The van der Waals surface area contributed by atoms with Crippen molar-refractivity contribution in [3.8, 4) is 0 Å². The third-order valence-corrected chi connectivity index (χ3v) is 4.85. The van der Waals surface area contributed by atoms with Gasteiger partial charge in [-0.2, -0.15) is 0 Å². The van der Waals surface area contributed by atoms with Crippen LogP contribution >= 0.6 is 0 Å². The smallest absolute Gasteiger partial charge is 0.230 e. The number of amides is 1. The van der Waals surface area contributed by atoms with Crippen LogP contribution in [0.3, 0.4) is 0 Å². The Balaban J connectivity index is 1.69. The summed E-state index contributed by atoms with van der Waals surface area (Å²) >= 11 is 0. The highest BCUT2D eigenvalue weighted by atomic mass is 16.8. The van der Waals surface area contributed by atoms with E-state index < -0.39 is 35.7 Å². The van der Waals surface area contributed by atoms with Gasteiger partial charge < -0.3 is 24.6 Å². The van der Waals surface area contributed by atoms with E-state index in [0.717, 1.165) is 0 Å². The Morgan fingerprint density at radius 3 is 2.64 bits per heavy atom. The van der Waals surface area contributed by atoms with Gasteiger partial charge in [-0.3, -0.25) is 9.36 Å². The monoisotopic (exact) mass is 391 g/mol. The number of rotatable bonds is 3. The van der Waals surface area contributed by atoms with Gasteiger partial charge >= 0.3 is 0 Å². The van der Waals surface area contributed by atoms with Gasteiger partial charge in [0.05, 0.1) is 12.9 Å². The molecule has 0 aromatic carbocycles. The van der Waals surface area contributed by atoms with Crippen molar-refractivity contribution >= 4 is 22.9 Å². The minimum absolute atomic E-state index is 0.172. The third kappa shape index (κ3) is 3.16. The number of ether oxygens (including phenoxy) is 3. The van der Waals surface area contributed by atoms with E-state index in [1.165, 1.54) is 6.33 Å². The van der Waals surface area contributed by atoms with Crippen LogP contribution in [0.2, 0.25) is 0 Å². The van der Waals surface area contributed by atoms with Gasteiger partial charge in [-0.1, -0.05) is 20.8 Å². The van der Waals surface area contributed by atoms with Gasteiger partial charge in [0.25, 0.3) is 0 Å². The quantitative estimate of drug-likeness (QED) is 0.801. The molecule has 2 N–H and O–H groups in total. The van der Waals surface area contributed by atoms with Crippen LogP contribution in [-0.4, -0.2) is 61.2 Å². The van der Waals surface area contributed by atoms with E-state index in [0.29, 0.717) is 17.0 Å². The number of nitrogens with one attached hydrogen (secondary N) is 1. The molecule has 10 heteroatoms. The number of aliphatic hydroxyl groups excluding tert-OH is 1. The molecule has 0 bridgehead atoms. The van der Waals surface area contributed by atoms with Crippen molar-refractivity contribution in [2.75, 3.05) is 11.9 Å². The van der Waals surface area contributed by atoms with E-state index in [2.05, 4.69) is 20.3 Å². The summed E-state index contributed by atoms with van der Waals surface area (Å²) in [5, 5.41) is 12.5. The molecule has 2 aliphatic rings. The zero-order valence-electron chi connectivity index (χ0n) is 16.5. The average molecular weight is 391 g/mol.